The van der Waals surface area contributed by atoms with Gasteiger partial charge in [0.1, 0.15) is 53.8 Å². The summed E-state index contributed by atoms with van der Waals surface area (Å²) in [5.41, 5.74) is 0.524. The van der Waals surface area contributed by atoms with Crippen molar-refractivity contribution in [3.05, 3.63) is 66.2 Å². The van der Waals surface area contributed by atoms with Crippen molar-refractivity contribution in [1.82, 2.24) is 30.0 Å². The highest BCUT2D eigenvalue weighted by molar-refractivity contribution is 8.00. The third-order valence-electron chi connectivity index (χ3n) is 8.99. The minimum atomic E-state index is -1.66. The molecule has 2 aromatic heterocycles. The summed E-state index contributed by atoms with van der Waals surface area (Å²) in [6.07, 6.45) is -1.28. The number of nitrogens with one attached hydrogen (secondary N) is 1. The molecule has 0 bridgehead atoms. The van der Waals surface area contributed by atoms with Gasteiger partial charge in [-0.25, -0.2) is 22.5 Å². The molecule has 0 saturated carbocycles. The Hall–Kier alpha value is -5.38. The SMILES string of the molecule is CO[C@@H]1[C@@H](n2cc(-c3cc(F)c(F)c(F)c3)nn2)[C@@H](OC(C)=O)[C@@H](COC(C)=O)O[C@H]1S[C@@H]1COC[C@H](n2cc(-c3cccc(NC(C)=O)c3)nn2)[C@H]1OC(C)=O. The molecule has 2 aliphatic rings. The number of halogens is 3. The van der Waals surface area contributed by atoms with Crippen molar-refractivity contribution in [2.24, 2.45) is 0 Å². The van der Waals surface area contributed by atoms with E-state index in [0.29, 0.717) is 16.9 Å². The first-order valence-electron chi connectivity index (χ1n) is 17.5. The normalized spacial score (nSPS) is 24.7. The molecule has 4 heterocycles. The smallest absolute Gasteiger partial charge is 0.303 e. The van der Waals surface area contributed by atoms with Crippen molar-refractivity contribution < 1.29 is 60.8 Å². The molecular formula is C36H38F3N7O10S. The zero-order valence-electron chi connectivity index (χ0n) is 31.2. The van der Waals surface area contributed by atoms with Gasteiger partial charge in [-0.05, 0) is 24.3 Å². The third kappa shape index (κ3) is 9.60. The minimum absolute atomic E-state index is 0.0519. The summed E-state index contributed by atoms with van der Waals surface area (Å²) in [5, 5.41) is 18.9. The number of thioether (sulfide) groups is 1. The summed E-state index contributed by atoms with van der Waals surface area (Å²) in [6, 6.07) is 6.78. The Balaban J connectivity index is 1.33. The van der Waals surface area contributed by atoms with Gasteiger partial charge in [0, 0.05) is 51.6 Å². The fraction of sp³-hybridized carbons (Fsp3) is 0.444. The first-order chi connectivity index (χ1) is 27.2. The number of carbonyl (C=O) groups excluding carboxylic acids is 4. The lowest BCUT2D eigenvalue weighted by molar-refractivity contribution is -0.208. The third-order valence-corrected chi connectivity index (χ3v) is 10.4. The van der Waals surface area contributed by atoms with Crippen LogP contribution in [0.4, 0.5) is 18.9 Å². The topological polar surface area (TPSA) is 197 Å². The summed E-state index contributed by atoms with van der Waals surface area (Å²) in [6.45, 7) is 4.79. The maximum Gasteiger partial charge on any atom is 0.303 e. The fourth-order valence-electron chi connectivity index (χ4n) is 6.62. The highest BCUT2D eigenvalue weighted by atomic mass is 32.2. The van der Waals surface area contributed by atoms with Crippen LogP contribution < -0.4 is 5.32 Å². The zero-order valence-corrected chi connectivity index (χ0v) is 32.0. The molecule has 8 atom stereocenters. The summed E-state index contributed by atoms with van der Waals surface area (Å²) in [7, 11) is 1.37. The molecule has 17 nitrogen and oxygen atoms in total. The van der Waals surface area contributed by atoms with Crippen molar-refractivity contribution in [3.8, 4) is 22.5 Å². The van der Waals surface area contributed by atoms with Crippen LogP contribution in [0.25, 0.3) is 22.5 Å². The van der Waals surface area contributed by atoms with Gasteiger partial charge < -0.3 is 33.7 Å². The van der Waals surface area contributed by atoms with E-state index in [4.69, 9.17) is 28.4 Å². The van der Waals surface area contributed by atoms with Crippen molar-refractivity contribution >= 4 is 41.3 Å². The maximum absolute atomic E-state index is 14.2. The van der Waals surface area contributed by atoms with Gasteiger partial charge in [0.25, 0.3) is 0 Å². The van der Waals surface area contributed by atoms with E-state index in [-0.39, 0.29) is 37.0 Å². The van der Waals surface area contributed by atoms with Crippen molar-refractivity contribution in [3.63, 3.8) is 0 Å². The molecule has 1 N–H and O–H groups in total. The molecule has 4 aromatic rings. The molecule has 0 unspecified atom stereocenters. The Bertz CT molecular complexity index is 2100. The lowest BCUT2D eigenvalue weighted by Gasteiger charge is -2.46. The second-order valence-corrected chi connectivity index (χ2v) is 14.5. The van der Waals surface area contributed by atoms with E-state index in [2.05, 4.69) is 25.9 Å². The number of anilines is 1. The van der Waals surface area contributed by atoms with Gasteiger partial charge in [-0.1, -0.05) is 22.6 Å². The Morgan fingerprint density at radius 1 is 0.842 bits per heavy atom. The van der Waals surface area contributed by atoms with Crippen LogP contribution in [0.15, 0.2) is 48.8 Å². The van der Waals surface area contributed by atoms with Crippen LogP contribution in [0.1, 0.15) is 39.8 Å². The number of aromatic nitrogens is 6. The lowest BCUT2D eigenvalue weighted by atomic mass is 9.96. The fourth-order valence-corrected chi connectivity index (χ4v) is 8.17. The molecule has 0 aliphatic carbocycles. The molecule has 0 spiro atoms. The summed E-state index contributed by atoms with van der Waals surface area (Å²) >= 11 is 1.17. The van der Waals surface area contributed by atoms with E-state index in [1.165, 1.54) is 55.2 Å². The predicted molar refractivity (Wildman–Crippen MR) is 193 cm³/mol. The summed E-state index contributed by atoms with van der Waals surface area (Å²) in [4.78, 5) is 48.6. The van der Waals surface area contributed by atoms with Crippen molar-refractivity contribution in [2.45, 2.75) is 74.9 Å². The number of rotatable bonds is 12. The van der Waals surface area contributed by atoms with Crippen LogP contribution in [-0.2, 0) is 47.6 Å². The Labute approximate surface area is 327 Å². The molecule has 2 saturated heterocycles. The highest BCUT2D eigenvalue weighted by Gasteiger charge is 2.52. The minimum Gasteiger partial charge on any atom is -0.463 e. The number of hydrogen-bond acceptors (Lipinski definition) is 15. The number of methoxy groups -OCH3 is 1. The maximum atomic E-state index is 14.2. The van der Waals surface area contributed by atoms with Gasteiger partial charge in [-0.3, -0.25) is 19.2 Å². The van der Waals surface area contributed by atoms with Gasteiger partial charge >= 0.3 is 17.9 Å². The van der Waals surface area contributed by atoms with Gasteiger partial charge in [0.05, 0.1) is 30.9 Å². The number of ether oxygens (including phenoxy) is 6. The molecule has 21 heteroatoms. The van der Waals surface area contributed by atoms with Crippen LogP contribution in [0.3, 0.4) is 0 Å². The van der Waals surface area contributed by atoms with Gasteiger partial charge in [0.15, 0.2) is 23.6 Å². The van der Waals surface area contributed by atoms with Crippen LogP contribution in [0, 0.1) is 17.5 Å². The largest absolute Gasteiger partial charge is 0.463 e. The number of amides is 1. The highest BCUT2D eigenvalue weighted by Crippen LogP contribution is 2.43. The molecule has 304 valence electrons. The first-order valence-corrected chi connectivity index (χ1v) is 18.4. The molecule has 0 radical (unpaired) electrons. The Morgan fingerprint density at radius 2 is 1.49 bits per heavy atom. The van der Waals surface area contributed by atoms with Crippen LogP contribution in [-0.4, -0.2) is 116 Å². The predicted octanol–water partition coefficient (Wildman–Crippen LogP) is 3.66. The second kappa shape index (κ2) is 17.8. The Morgan fingerprint density at radius 3 is 2.14 bits per heavy atom. The summed E-state index contributed by atoms with van der Waals surface area (Å²) in [5.74, 6) is -6.73. The molecule has 2 aliphatic heterocycles. The first kappa shape index (κ1) is 41.3. The lowest BCUT2D eigenvalue weighted by Crippen LogP contribution is -2.58. The summed E-state index contributed by atoms with van der Waals surface area (Å²) < 4.78 is 80.3. The second-order valence-electron chi connectivity index (χ2n) is 13.1. The van der Waals surface area contributed by atoms with E-state index in [0.717, 1.165) is 19.1 Å². The average molecular weight is 818 g/mol. The molecule has 57 heavy (non-hydrogen) atoms. The van der Waals surface area contributed by atoms with E-state index in [1.54, 1.807) is 30.5 Å². The van der Waals surface area contributed by atoms with Crippen LogP contribution in [0.2, 0.25) is 0 Å². The molecule has 1 amide bonds. The van der Waals surface area contributed by atoms with Gasteiger partial charge in [-0.15, -0.1) is 22.0 Å². The molecule has 2 fully saturated rings. The number of carbonyl (C=O) groups is 4. The van der Waals surface area contributed by atoms with Crippen LogP contribution in [0.5, 0.6) is 0 Å². The number of hydrogen-bond donors (Lipinski definition) is 1. The molecule has 2 aromatic carbocycles. The monoisotopic (exact) mass is 817 g/mol. The van der Waals surface area contributed by atoms with Gasteiger partial charge in [0.2, 0.25) is 5.91 Å². The standard InChI is InChI=1S/C36H38F3N7O10S/c1-17(47)40-23-8-6-7-21(9-23)26-12-45(43-41-26)28-14-52-16-30(33(28)54-19(3)49)57-36-35(51-5)32(34(55-20(4)50)29(56-36)15-53-18(2)48)46-13-27(42-44-46)22-10-24(37)31(39)25(38)11-22/h6-13,28-30,32-36H,14-16H2,1-5H3,(H,40,47)/t28-,29+,30+,32-,33+,34-,35+,36-/m0/s1. The van der Waals surface area contributed by atoms with Crippen molar-refractivity contribution in [1.29, 1.82) is 0 Å². The van der Waals surface area contributed by atoms with E-state index in [1.807, 2.05) is 0 Å². The van der Waals surface area contributed by atoms with E-state index >= 15 is 0 Å². The number of esters is 3. The average Bonchev–Trinajstić information content (AvgIpc) is 3.85. The number of nitrogens with zero attached hydrogens (tertiary/aromatic N) is 6. The number of benzene rings is 2. The zero-order chi connectivity index (χ0) is 41.0. The van der Waals surface area contributed by atoms with Gasteiger partial charge in [-0.2, -0.15) is 0 Å². The van der Waals surface area contributed by atoms with Crippen molar-refractivity contribution in [2.75, 3.05) is 32.2 Å². The Kier molecular flexibility index (Phi) is 12.9. The van der Waals surface area contributed by atoms with E-state index < -0.39 is 82.5 Å². The quantitative estimate of drug-likeness (QED) is 0.123. The van der Waals surface area contributed by atoms with E-state index in [9.17, 15) is 32.3 Å². The van der Waals surface area contributed by atoms with Crippen LogP contribution >= 0.6 is 11.8 Å². The molecule has 6 rings (SSSR count). The molecular weight excluding hydrogens is 779 g/mol.